The Labute approximate surface area is 135 Å². The van der Waals surface area contributed by atoms with Gasteiger partial charge in [0.15, 0.2) is 0 Å². The number of ether oxygens (including phenoxy) is 1. The average molecular weight is 348 g/mol. The number of hydrogen-bond acceptors (Lipinski definition) is 4. The van der Waals surface area contributed by atoms with Crippen LogP contribution >= 0.6 is 0 Å². The van der Waals surface area contributed by atoms with Crippen molar-refractivity contribution in [3.05, 3.63) is 35.4 Å². The minimum Gasteiger partial charge on any atom is -0.380 e. The summed E-state index contributed by atoms with van der Waals surface area (Å²) in [5, 5.41) is 2.62. The summed E-state index contributed by atoms with van der Waals surface area (Å²) < 4.78 is 59.2. The lowest BCUT2D eigenvalue weighted by Gasteiger charge is -2.31. The van der Waals surface area contributed by atoms with Gasteiger partial charge in [-0.05, 0) is 24.1 Å². The summed E-state index contributed by atoms with van der Waals surface area (Å²) in [6.45, 7) is 0.121. The first kappa shape index (κ1) is 18.3. The molecule has 0 radical (unpaired) electrons. The van der Waals surface area contributed by atoms with Crippen molar-refractivity contribution >= 4 is 10.0 Å². The number of nitrogens with one attached hydrogen (secondary N) is 2. The molecule has 0 amide bonds. The van der Waals surface area contributed by atoms with Crippen LogP contribution in [-0.4, -0.2) is 41.1 Å². The molecule has 0 bridgehead atoms. The van der Waals surface area contributed by atoms with Crippen molar-refractivity contribution in [2.75, 3.05) is 26.7 Å². The van der Waals surface area contributed by atoms with Crippen molar-refractivity contribution in [2.45, 2.75) is 24.7 Å². The molecule has 23 heavy (non-hydrogen) atoms. The molecular weight excluding hydrogens is 326 g/mol. The van der Waals surface area contributed by atoms with Gasteiger partial charge in [-0.15, -0.1) is 0 Å². The SMILES string of the molecule is COCc1ccccc1CS(=O)(=O)NCC1CCNCC1(F)F. The number of sulfonamides is 1. The Morgan fingerprint density at radius 3 is 2.70 bits per heavy atom. The van der Waals surface area contributed by atoms with E-state index < -0.39 is 28.4 Å². The molecular formula is C15H22F2N2O3S. The van der Waals surface area contributed by atoms with Crippen LogP contribution in [0, 0.1) is 5.92 Å². The van der Waals surface area contributed by atoms with Gasteiger partial charge in [-0.25, -0.2) is 21.9 Å². The molecule has 1 unspecified atom stereocenters. The Bertz CT molecular complexity index is 623. The Hall–Kier alpha value is -1.09. The van der Waals surface area contributed by atoms with Crippen molar-refractivity contribution in [2.24, 2.45) is 5.92 Å². The Morgan fingerprint density at radius 1 is 1.35 bits per heavy atom. The third-order valence-electron chi connectivity index (χ3n) is 3.94. The number of piperidine rings is 1. The number of alkyl halides is 2. The van der Waals surface area contributed by atoms with E-state index >= 15 is 0 Å². The standard InChI is InChI=1S/C15H22F2N2O3S/c1-22-9-12-4-2-3-5-13(12)10-23(20,21)19-8-14-6-7-18-11-15(14,16)17/h2-5,14,18-19H,6-11H2,1H3. The molecule has 130 valence electrons. The molecule has 1 heterocycles. The van der Waals surface area contributed by atoms with Gasteiger partial charge in [0.25, 0.3) is 5.92 Å². The van der Waals surface area contributed by atoms with Gasteiger partial charge in [-0.2, -0.15) is 0 Å². The molecule has 0 aliphatic carbocycles. The monoisotopic (exact) mass is 348 g/mol. The summed E-state index contributed by atoms with van der Waals surface area (Å²) in [5.74, 6) is -4.12. The fraction of sp³-hybridized carbons (Fsp3) is 0.600. The Morgan fingerprint density at radius 2 is 2.04 bits per heavy atom. The lowest BCUT2D eigenvalue weighted by atomic mass is 9.94. The number of benzene rings is 1. The molecule has 1 fully saturated rings. The minimum absolute atomic E-state index is 0.246. The maximum atomic E-state index is 13.7. The second-order valence-electron chi connectivity index (χ2n) is 5.73. The summed E-state index contributed by atoms with van der Waals surface area (Å²) in [5.41, 5.74) is 1.38. The summed E-state index contributed by atoms with van der Waals surface area (Å²) in [7, 11) is -2.15. The van der Waals surface area contributed by atoms with E-state index in [1.54, 1.807) is 24.3 Å². The van der Waals surface area contributed by atoms with E-state index in [1.165, 1.54) is 7.11 Å². The van der Waals surface area contributed by atoms with Gasteiger partial charge in [-0.3, -0.25) is 0 Å². The Balaban J connectivity index is 2.00. The molecule has 1 atom stereocenters. The van der Waals surface area contributed by atoms with Crippen LogP contribution in [0.4, 0.5) is 8.78 Å². The first-order valence-corrected chi connectivity index (χ1v) is 9.11. The maximum Gasteiger partial charge on any atom is 0.264 e. The molecule has 1 aromatic rings. The second-order valence-corrected chi connectivity index (χ2v) is 7.54. The van der Waals surface area contributed by atoms with E-state index in [0.717, 1.165) is 5.56 Å². The van der Waals surface area contributed by atoms with E-state index in [-0.39, 0.29) is 18.7 Å². The Kier molecular flexibility index (Phi) is 6.07. The predicted octanol–water partition coefficient (Wildman–Crippen LogP) is 1.50. The average Bonchev–Trinajstić information content (AvgIpc) is 2.48. The van der Waals surface area contributed by atoms with Gasteiger partial charge in [0, 0.05) is 19.6 Å². The van der Waals surface area contributed by atoms with Crippen molar-refractivity contribution in [1.29, 1.82) is 0 Å². The number of hydrogen-bond donors (Lipinski definition) is 2. The fourth-order valence-electron chi connectivity index (χ4n) is 2.62. The van der Waals surface area contributed by atoms with Crippen LogP contribution in [0.5, 0.6) is 0 Å². The smallest absolute Gasteiger partial charge is 0.264 e. The summed E-state index contributed by atoms with van der Waals surface area (Å²) in [6, 6.07) is 7.03. The van der Waals surface area contributed by atoms with Gasteiger partial charge in [0.05, 0.1) is 18.9 Å². The number of rotatable bonds is 7. The molecule has 1 aliphatic heterocycles. The van der Waals surface area contributed by atoms with Gasteiger partial charge in [-0.1, -0.05) is 24.3 Å². The number of halogens is 2. The van der Waals surface area contributed by atoms with Gasteiger partial charge < -0.3 is 10.1 Å². The molecule has 2 rings (SSSR count). The van der Waals surface area contributed by atoms with Crippen LogP contribution in [0.1, 0.15) is 17.5 Å². The highest BCUT2D eigenvalue weighted by Crippen LogP contribution is 2.29. The summed E-state index contributed by atoms with van der Waals surface area (Å²) in [4.78, 5) is 0. The first-order valence-electron chi connectivity index (χ1n) is 7.45. The normalized spacial score (nSPS) is 21.3. The van der Waals surface area contributed by atoms with Crippen LogP contribution in [0.25, 0.3) is 0 Å². The van der Waals surface area contributed by atoms with E-state index in [9.17, 15) is 17.2 Å². The zero-order valence-electron chi connectivity index (χ0n) is 13.0. The van der Waals surface area contributed by atoms with E-state index in [4.69, 9.17) is 4.74 Å². The zero-order chi connectivity index (χ0) is 16.9. The minimum atomic E-state index is -3.68. The van der Waals surface area contributed by atoms with Gasteiger partial charge in [0.2, 0.25) is 10.0 Å². The highest BCUT2D eigenvalue weighted by molar-refractivity contribution is 7.88. The van der Waals surface area contributed by atoms with E-state index in [0.29, 0.717) is 18.7 Å². The predicted molar refractivity (Wildman–Crippen MR) is 83.7 cm³/mol. The number of methoxy groups -OCH3 is 1. The molecule has 1 aromatic carbocycles. The van der Waals surface area contributed by atoms with Crippen LogP contribution in [0.3, 0.4) is 0 Å². The van der Waals surface area contributed by atoms with Crippen molar-refractivity contribution < 1.29 is 21.9 Å². The quantitative estimate of drug-likeness (QED) is 0.784. The summed E-state index contributed by atoms with van der Waals surface area (Å²) in [6.07, 6.45) is 0.246. The zero-order valence-corrected chi connectivity index (χ0v) is 13.8. The largest absolute Gasteiger partial charge is 0.380 e. The van der Waals surface area contributed by atoms with Crippen LogP contribution in [-0.2, 0) is 27.1 Å². The molecule has 5 nitrogen and oxygen atoms in total. The fourth-order valence-corrected chi connectivity index (χ4v) is 3.86. The summed E-state index contributed by atoms with van der Waals surface area (Å²) >= 11 is 0. The van der Waals surface area contributed by atoms with Crippen molar-refractivity contribution in [1.82, 2.24) is 10.0 Å². The molecule has 0 saturated carbocycles. The van der Waals surface area contributed by atoms with Crippen LogP contribution in [0.2, 0.25) is 0 Å². The second kappa shape index (κ2) is 7.65. The first-order chi connectivity index (χ1) is 10.8. The molecule has 8 heteroatoms. The lowest BCUT2D eigenvalue weighted by Crippen LogP contribution is -2.50. The lowest BCUT2D eigenvalue weighted by molar-refractivity contribution is -0.0704. The molecule has 2 N–H and O–H groups in total. The molecule has 0 aromatic heterocycles. The van der Waals surface area contributed by atoms with Crippen LogP contribution < -0.4 is 10.0 Å². The van der Waals surface area contributed by atoms with E-state index in [1.807, 2.05) is 0 Å². The highest BCUT2D eigenvalue weighted by atomic mass is 32.2. The van der Waals surface area contributed by atoms with Gasteiger partial charge >= 0.3 is 0 Å². The molecule has 1 aliphatic rings. The van der Waals surface area contributed by atoms with Crippen LogP contribution in [0.15, 0.2) is 24.3 Å². The molecule has 1 saturated heterocycles. The maximum absolute atomic E-state index is 13.7. The van der Waals surface area contributed by atoms with Gasteiger partial charge in [0.1, 0.15) is 0 Å². The molecule has 0 spiro atoms. The topological polar surface area (TPSA) is 67.4 Å². The highest BCUT2D eigenvalue weighted by Gasteiger charge is 2.41. The van der Waals surface area contributed by atoms with Crippen molar-refractivity contribution in [3.8, 4) is 0 Å². The third kappa shape index (κ3) is 5.20. The van der Waals surface area contributed by atoms with E-state index in [2.05, 4.69) is 10.0 Å². The third-order valence-corrected chi connectivity index (χ3v) is 5.24. The van der Waals surface area contributed by atoms with Crippen molar-refractivity contribution in [3.63, 3.8) is 0 Å².